The molecule has 0 spiro atoms. The van der Waals surface area contributed by atoms with E-state index < -0.39 is 10.0 Å². The van der Waals surface area contributed by atoms with Gasteiger partial charge in [-0.25, -0.2) is 13.1 Å². The summed E-state index contributed by atoms with van der Waals surface area (Å²) in [5, 5.41) is 0. The van der Waals surface area contributed by atoms with E-state index in [1.165, 1.54) is 19.3 Å². The summed E-state index contributed by atoms with van der Waals surface area (Å²) in [4.78, 5) is 0.411. The quantitative estimate of drug-likeness (QED) is 0.921. The van der Waals surface area contributed by atoms with E-state index in [-0.39, 0.29) is 0 Å². The molecule has 0 bridgehead atoms. The molecule has 1 aromatic rings. The smallest absolute Gasteiger partial charge is 0.211 e. The Labute approximate surface area is 116 Å². The van der Waals surface area contributed by atoms with E-state index in [9.17, 15) is 8.42 Å². The van der Waals surface area contributed by atoms with Crippen molar-refractivity contribution in [2.24, 2.45) is 5.92 Å². The van der Waals surface area contributed by atoms with Crippen LogP contribution in [0.1, 0.15) is 43.2 Å². The van der Waals surface area contributed by atoms with Gasteiger partial charge < -0.3 is 0 Å². The lowest BCUT2D eigenvalue weighted by Gasteiger charge is -2.22. The van der Waals surface area contributed by atoms with E-state index in [0.29, 0.717) is 17.4 Å². The van der Waals surface area contributed by atoms with Crippen LogP contribution < -0.4 is 4.72 Å². The van der Waals surface area contributed by atoms with Gasteiger partial charge >= 0.3 is 0 Å². The van der Waals surface area contributed by atoms with Crippen LogP contribution in [0.5, 0.6) is 0 Å². The molecule has 106 valence electrons. The second kappa shape index (κ2) is 6.06. The van der Waals surface area contributed by atoms with Crippen LogP contribution in [0.2, 0.25) is 0 Å². The molecule has 1 fully saturated rings. The van der Waals surface area contributed by atoms with E-state index in [4.69, 9.17) is 0 Å². The molecule has 0 unspecified atom stereocenters. The largest absolute Gasteiger partial charge is 0.240 e. The maximum Gasteiger partial charge on any atom is 0.240 e. The molecule has 1 aromatic carbocycles. The molecular formula is C15H23NO2S. The minimum Gasteiger partial charge on any atom is -0.211 e. The Kier molecular flexibility index (Phi) is 4.63. The first-order valence-electron chi connectivity index (χ1n) is 7.06. The van der Waals surface area contributed by atoms with E-state index in [1.54, 1.807) is 6.07 Å². The van der Waals surface area contributed by atoms with Crippen molar-refractivity contribution in [2.45, 2.75) is 50.8 Å². The third kappa shape index (κ3) is 3.80. The molecule has 0 heterocycles. The molecule has 19 heavy (non-hydrogen) atoms. The van der Waals surface area contributed by atoms with Gasteiger partial charge in [-0.3, -0.25) is 0 Å². The Morgan fingerprint density at radius 2 is 1.84 bits per heavy atom. The standard InChI is InChI=1S/C15H23NO2S/c1-12-8-9-15(13(2)10-12)19(17,18)16-11-14-6-4-3-5-7-14/h8-10,14,16H,3-7,11H2,1-2H3. The normalized spacial score (nSPS) is 17.6. The zero-order valence-corrected chi connectivity index (χ0v) is 12.6. The van der Waals surface area contributed by atoms with Crippen LogP contribution in [-0.2, 0) is 10.0 Å². The number of hydrogen-bond acceptors (Lipinski definition) is 2. The highest BCUT2D eigenvalue weighted by atomic mass is 32.2. The van der Waals surface area contributed by atoms with E-state index in [1.807, 2.05) is 26.0 Å². The van der Waals surface area contributed by atoms with Crippen molar-refractivity contribution in [3.63, 3.8) is 0 Å². The first-order chi connectivity index (χ1) is 8.99. The molecule has 1 N–H and O–H groups in total. The maximum atomic E-state index is 12.3. The number of benzene rings is 1. The minimum absolute atomic E-state index is 0.411. The van der Waals surface area contributed by atoms with Gasteiger partial charge in [0.2, 0.25) is 10.0 Å². The van der Waals surface area contributed by atoms with E-state index in [2.05, 4.69) is 4.72 Å². The van der Waals surface area contributed by atoms with Crippen LogP contribution in [0, 0.1) is 19.8 Å². The number of rotatable bonds is 4. The van der Waals surface area contributed by atoms with Crippen molar-refractivity contribution in [1.82, 2.24) is 4.72 Å². The Hall–Kier alpha value is -0.870. The van der Waals surface area contributed by atoms with Gasteiger partial charge in [0.05, 0.1) is 4.90 Å². The molecule has 0 atom stereocenters. The number of sulfonamides is 1. The van der Waals surface area contributed by atoms with Crippen molar-refractivity contribution < 1.29 is 8.42 Å². The maximum absolute atomic E-state index is 12.3. The lowest BCUT2D eigenvalue weighted by atomic mass is 9.90. The number of hydrogen-bond donors (Lipinski definition) is 1. The third-order valence-electron chi connectivity index (χ3n) is 3.91. The topological polar surface area (TPSA) is 46.2 Å². The summed E-state index contributed by atoms with van der Waals surface area (Å²) in [6.45, 7) is 4.40. The molecule has 0 amide bonds. The fourth-order valence-corrected chi connectivity index (χ4v) is 4.14. The average Bonchev–Trinajstić information content (AvgIpc) is 2.37. The highest BCUT2D eigenvalue weighted by Gasteiger charge is 2.20. The summed E-state index contributed by atoms with van der Waals surface area (Å²) in [6, 6.07) is 5.46. The SMILES string of the molecule is Cc1ccc(S(=O)(=O)NCC2CCCCC2)c(C)c1. The molecular weight excluding hydrogens is 258 g/mol. The Morgan fingerprint density at radius 1 is 1.16 bits per heavy atom. The second-order valence-electron chi connectivity index (χ2n) is 5.62. The van der Waals surface area contributed by atoms with Gasteiger partial charge in [-0.2, -0.15) is 0 Å². The first-order valence-corrected chi connectivity index (χ1v) is 8.54. The highest BCUT2D eigenvalue weighted by Crippen LogP contribution is 2.23. The van der Waals surface area contributed by atoms with E-state index in [0.717, 1.165) is 24.0 Å². The fraction of sp³-hybridized carbons (Fsp3) is 0.600. The summed E-state index contributed by atoms with van der Waals surface area (Å²) in [5.74, 6) is 0.509. The predicted octanol–water partition coefficient (Wildman–Crippen LogP) is 3.16. The Morgan fingerprint density at radius 3 is 2.47 bits per heavy atom. The molecule has 0 saturated heterocycles. The van der Waals surface area contributed by atoms with Crippen LogP contribution in [0.25, 0.3) is 0 Å². The fourth-order valence-electron chi connectivity index (χ4n) is 2.80. The van der Waals surface area contributed by atoms with E-state index >= 15 is 0 Å². The summed E-state index contributed by atoms with van der Waals surface area (Å²) >= 11 is 0. The summed E-state index contributed by atoms with van der Waals surface area (Å²) < 4.78 is 27.4. The van der Waals surface area contributed by atoms with Crippen LogP contribution in [0.3, 0.4) is 0 Å². The highest BCUT2D eigenvalue weighted by molar-refractivity contribution is 7.89. The molecule has 0 radical (unpaired) electrons. The van der Waals surface area contributed by atoms with Gasteiger partial charge in [-0.15, -0.1) is 0 Å². The predicted molar refractivity (Wildman–Crippen MR) is 77.7 cm³/mol. The summed E-state index contributed by atoms with van der Waals surface area (Å²) in [5.41, 5.74) is 1.90. The number of aryl methyl sites for hydroxylation is 2. The first kappa shape index (κ1) is 14.5. The van der Waals surface area contributed by atoms with Crippen LogP contribution in [0.4, 0.5) is 0 Å². The summed E-state index contributed by atoms with van der Waals surface area (Å²) in [7, 11) is -3.36. The van der Waals surface area contributed by atoms with Gasteiger partial charge in [0.25, 0.3) is 0 Å². The number of nitrogens with one attached hydrogen (secondary N) is 1. The van der Waals surface area contributed by atoms with Crippen LogP contribution in [0.15, 0.2) is 23.1 Å². The van der Waals surface area contributed by atoms with Gasteiger partial charge in [-0.1, -0.05) is 37.0 Å². The zero-order valence-electron chi connectivity index (χ0n) is 11.8. The van der Waals surface area contributed by atoms with Crippen LogP contribution in [-0.4, -0.2) is 15.0 Å². The summed E-state index contributed by atoms with van der Waals surface area (Å²) in [6.07, 6.45) is 6.05. The van der Waals surface area contributed by atoms with Crippen molar-refractivity contribution >= 4 is 10.0 Å². The third-order valence-corrected chi connectivity index (χ3v) is 5.49. The van der Waals surface area contributed by atoms with Gasteiger partial charge in [0.15, 0.2) is 0 Å². The monoisotopic (exact) mass is 281 g/mol. The van der Waals surface area contributed by atoms with Crippen molar-refractivity contribution in [3.8, 4) is 0 Å². The van der Waals surface area contributed by atoms with Gasteiger partial charge in [0, 0.05) is 6.54 Å². The molecule has 1 aliphatic rings. The molecule has 3 nitrogen and oxygen atoms in total. The molecule has 2 rings (SSSR count). The lowest BCUT2D eigenvalue weighted by Crippen LogP contribution is -2.30. The molecule has 4 heteroatoms. The van der Waals surface area contributed by atoms with Gasteiger partial charge in [-0.05, 0) is 44.2 Å². The van der Waals surface area contributed by atoms with Crippen molar-refractivity contribution in [3.05, 3.63) is 29.3 Å². The Bertz CT molecular complexity index is 531. The lowest BCUT2D eigenvalue weighted by molar-refractivity contribution is 0.357. The van der Waals surface area contributed by atoms with Crippen molar-refractivity contribution in [2.75, 3.05) is 6.54 Å². The van der Waals surface area contributed by atoms with Crippen molar-refractivity contribution in [1.29, 1.82) is 0 Å². The average molecular weight is 281 g/mol. The Balaban J connectivity index is 2.05. The molecule has 1 saturated carbocycles. The zero-order chi connectivity index (χ0) is 13.9. The molecule has 0 aliphatic heterocycles. The molecule has 0 aromatic heterocycles. The minimum atomic E-state index is -3.36. The molecule has 1 aliphatic carbocycles. The second-order valence-corrected chi connectivity index (χ2v) is 7.36. The van der Waals surface area contributed by atoms with Crippen LogP contribution >= 0.6 is 0 Å². The van der Waals surface area contributed by atoms with Gasteiger partial charge in [0.1, 0.15) is 0 Å².